The van der Waals surface area contributed by atoms with Crippen LogP contribution in [0.4, 0.5) is 0 Å². The molecule has 5 nitrogen and oxygen atoms in total. The number of aryl methyl sites for hydroxylation is 1. The zero-order valence-electron chi connectivity index (χ0n) is 13.9. The molecule has 24 heavy (non-hydrogen) atoms. The molecule has 0 aliphatic carbocycles. The fourth-order valence-electron chi connectivity index (χ4n) is 3.81. The van der Waals surface area contributed by atoms with Gasteiger partial charge in [-0.2, -0.15) is 0 Å². The largest absolute Gasteiger partial charge is 0.351 e. The minimum Gasteiger partial charge on any atom is -0.351 e. The minimum atomic E-state index is -0.0260. The second-order valence-electron chi connectivity index (χ2n) is 6.87. The van der Waals surface area contributed by atoms with Crippen LogP contribution in [-0.2, 0) is 13.0 Å². The lowest BCUT2D eigenvalue weighted by Crippen LogP contribution is -2.34. The molecule has 1 amide bonds. The van der Waals surface area contributed by atoms with Crippen molar-refractivity contribution in [2.24, 2.45) is 0 Å². The number of aromatic nitrogens is 2. The van der Waals surface area contributed by atoms with Crippen molar-refractivity contribution < 1.29 is 4.79 Å². The van der Waals surface area contributed by atoms with Gasteiger partial charge >= 0.3 is 0 Å². The summed E-state index contributed by atoms with van der Waals surface area (Å²) in [6, 6.07) is 10.6. The first-order chi connectivity index (χ1) is 11.8. The Morgan fingerprint density at radius 1 is 1.21 bits per heavy atom. The molecule has 2 aromatic rings. The van der Waals surface area contributed by atoms with Crippen LogP contribution in [0.25, 0.3) is 0 Å². The van der Waals surface area contributed by atoms with Crippen LogP contribution < -0.4 is 5.32 Å². The number of nitrogens with one attached hydrogen (secondary N) is 2. The molecule has 0 spiro atoms. The molecule has 1 aromatic carbocycles. The smallest absolute Gasteiger partial charge is 0.271 e. The molecule has 0 saturated carbocycles. The lowest BCUT2D eigenvalue weighted by molar-refractivity contribution is 0.0951. The number of aromatic amines is 1. The number of amides is 1. The molecule has 2 N–H and O–H groups in total. The van der Waals surface area contributed by atoms with Gasteiger partial charge in [0.05, 0.1) is 0 Å². The van der Waals surface area contributed by atoms with Crippen LogP contribution >= 0.6 is 0 Å². The van der Waals surface area contributed by atoms with Gasteiger partial charge in [-0.1, -0.05) is 30.3 Å². The summed E-state index contributed by atoms with van der Waals surface area (Å²) in [6.45, 7) is 3.86. The fraction of sp³-hybridized carbons (Fsp3) is 0.474. The highest BCUT2D eigenvalue weighted by molar-refractivity contribution is 5.93. The number of hydrogen-bond donors (Lipinski definition) is 2. The average molecular weight is 324 g/mol. The predicted octanol–water partition coefficient (Wildman–Crippen LogP) is 2.47. The highest BCUT2D eigenvalue weighted by Crippen LogP contribution is 2.27. The van der Waals surface area contributed by atoms with E-state index in [2.05, 4.69) is 50.5 Å². The van der Waals surface area contributed by atoms with E-state index in [0.717, 1.165) is 57.0 Å². The Balaban J connectivity index is 1.48. The summed E-state index contributed by atoms with van der Waals surface area (Å²) >= 11 is 0. The Kier molecular flexibility index (Phi) is 4.34. The zero-order valence-corrected chi connectivity index (χ0v) is 13.9. The zero-order chi connectivity index (χ0) is 16.4. The number of piperidine rings is 1. The Morgan fingerprint density at radius 2 is 2.08 bits per heavy atom. The van der Waals surface area contributed by atoms with Crippen molar-refractivity contribution in [3.05, 3.63) is 53.1 Å². The lowest BCUT2D eigenvalue weighted by atomic mass is 9.97. The molecule has 3 heterocycles. The van der Waals surface area contributed by atoms with E-state index in [9.17, 15) is 4.79 Å². The van der Waals surface area contributed by atoms with Crippen LogP contribution in [0.5, 0.6) is 0 Å². The van der Waals surface area contributed by atoms with Gasteiger partial charge < -0.3 is 10.3 Å². The average Bonchev–Trinajstić information content (AvgIpc) is 2.97. The van der Waals surface area contributed by atoms with E-state index in [1.807, 2.05) is 0 Å². The van der Waals surface area contributed by atoms with Crippen molar-refractivity contribution in [2.45, 2.75) is 38.1 Å². The minimum absolute atomic E-state index is 0.0260. The standard InChI is InChI=1S/C19H24N4O/c24-19-17-16(9-4-10-20-19)21-18(22-17)15-8-5-11-23(13-15)12-14-6-2-1-3-7-14/h1-3,6-7,15H,4-5,8-13H2,(H,20,24)(H,21,22). The summed E-state index contributed by atoms with van der Waals surface area (Å²) < 4.78 is 0. The Labute approximate surface area is 142 Å². The normalized spacial score (nSPS) is 21.8. The summed E-state index contributed by atoms with van der Waals surface area (Å²) in [5.74, 6) is 1.36. The third-order valence-electron chi connectivity index (χ3n) is 5.04. The highest BCUT2D eigenvalue weighted by Gasteiger charge is 2.27. The van der Waals surface area contributed by atoms with Crippen molar-refractivity contribution >= 4 is 5.91 Å². The Bertz CT molecular complexity index is 709. The molecular formula is C19H24N4O. The van der Waals surface area contributed by atoms with Gasteiger partial charge in [0.15, 0.2) is 0 Å². The van der Waals surface area contributed by atoms with Gasteiger partial charge in [0.1, 0.15) is 11.5 Å². The third-order valence-corrected chi connectivity index (χ3v) is 5.04. The fourth-order valence-corrected chi connectivity index (χ4v) is 3.81. The van der Waals surface area contributed by atoms with E-state index >= 15 is 0 Å². The first-order valence-electron chi connectivity index (χ1n) is 8.93. The van der Waals surface area contributed by atoms with E-state index in [0.29, 0.717) is 11.6 Å². The number of likely N-dealkylation sites (tertiary alicyclic amines) is 1. The number of H-pyrrole nitrogens is 1. The molecule has 5 heteroatoms. The lowest BCUT2D eigenvalue weighted by Gasteiger charge is -2.31. The monoisotopic (exact) mass is 324 g/mol. The van der Waals surface area contributed by atoms with Crippen LogP contribution in [0, 0.1) is 0 Å². The summed E-state index contributed by atoms with van der Waals surface area (Å²) in [5.41, 5.74) is 2.98. The van der Waals surface area contributed by atoms with Gasteiger partial charge in [0, 0.05) is 31.2 Å². The van der Waals surface area contributed by atoms with Crippen LogP contribution in [-0.4, -0.2) is 40.4 Å². The molecule has 1 fully saturated rings. The van der Waals surface area contributed by atoms with Crippen molar-refractivity contribution in [3.63, 3.8) is 0 Å². The molecule has 0 radical (unpaired) electrons. The number of hydrogen-bond acceptors (Lipinski definition) is 3. The molecule has 2 aliphatic heterocycles. The molecule has 126 valence electrons. The van der Waals surface area contributed by atoms with Crippen LogP contribution in [0.1, 0.15) is 52.8 Å². The highest BCUT2D eigenvalue weighted by atomic mass is 16.1. The maximum atomic E-state index is 12.1. The first-order valence-corrected chi connectivity index (χ1v) is 8.93. The Morgan fingerprint density at radius 3 is 2.96 bits per heavy atom. The van der Waals surface area contributed by atoms with Gasteiger partial charge in [-0.05, 0) is 37.8 Å². The van der Waals surface area contributed by atoms with Gasteiger partial charge in [0.2, 0.25) is 0 Å². The summed E-state index contributed by atoms with van der Waals surface area (Å²) in [6.07, 6.45) is 4.20. The molecule has 1 saturated heterocycles. The number of benzene rings is 1. The molecule has 4 rings (SSSR count). The maximum Gasteiger partial charge on any atom is 0.271 e. The molecule has 1 aromatic heterocycles. The second kappa shape index (κ2) is 6.77. The Hall–Kier alpha value is -2.14. The van der Waals surface area contributed by atoms with E-state index in [1.54, 1.807) is 0 Å². The molecule has 1 atom stereocenters. The predicted molar refractivity (Wildman–Crippen MR) is 92.9 cm³/mol. The van der Waals surface area contributed by atoms with E-state index in [1.165, 1.54) is 12.0 Å². The van der Waals surface area contributed by atoms with Crippen molar-refractivity contribution in [2.75, 3.05) is 19.6 Å². The van der Waals surface area contributed by atoms with Crippen molar-refractivity contribution in [1.82, 2.24) is 20.2 Å². The van der Waals surface area contributed by atoms with E-state index in [4.69, 9.17) is 0 Å². The number of imidazole rings is 1. The van der Waals surface area contributed by atoms with Crippen LogP contribution in [0.15, 0.2) is 30.3 Å². The summed E-state index contributed by atoms with van der Waals surface area (Å²) in [5, 5.41) is 2.93. The number of rotatable bonds is 3. The summed E-state index contributed by atoms with van der Waals surface area (Å²) in [4.78, 5) is 22.7. The van der Waals surface area contributed by atoms with Crippen LogP contribution in [0.3, 0.4) is 0 Å². The number of nitrogens with zero attached hydrogens (tertiary/aromatic N) is 2. The molecule has 1 unspecified atom stereocenters. The van der Waals surface area contributed by atoms with Crippen LogP contribution in [0.2, 0.25) is 0 Å². The number of fused-ring (bicyclic) bond motifs is 1. The second-order valence-corrected chi connectivity index (χ2v) is 6.87. The van der Waals surface area contributed by atoms with Crippen molar-refractivity contribution in [1.29, 1.82) is 0 Å². The quantitative estimate of drug-likeness (QED) is 0.912. The maximum absolute atomic E-state index is 12.1. The number of carbonyl (C=O) groups is 1. The summed E-state index contributed by atoms with van der Waals surface area (Å²) in [7, 11) is 0. The van der Waals surface area contributed by atoms with Gasteiger partial charge in [-0.3, -0.25) is 9.69 Å². The van der Waals surface area contributed by atoms with E-state index in [-0.39, 0.29) is 5.91 Å². The molecule has 2 aliphatic rings. The molecule has 0 bridgehead atoms. The molecular weight excluding hydrogens is 300 g/mol. The third kappa shape index (κ3) is 3.22. The topological polar surface area (TPSA) is 61.0 Å². The van der Waals surface area contributed by atoms with Gasteiger partial charge in [-0.25, -0.2) is 4.98 Å². The van der Waals surface area contributed by atoms with E-state index < -0.39 is 0 Å². The van der Waals surface area contributed by atoms with Crippen molar-refractivity contribution in [3.8, 4) is 0 Å². The van der Waals surface area contributed by atoms with Gasteiger partial charge in [-0.15, -0.1) is 0 Å². The number of carbonyl (C=O) groups excluding carboxylic acids is 1. The van der Waals surface area contributed by atoms with Gasteiger partial charge in [0.25, 0.3) is 5.91 Å². The first kappa shape index (κ1) is 15.4. The SMILES string of the molecule is O=C1NCCCc2[nH]c(C3CCCN(Cc4ccccc4)C3)nc21.